The SMILES string of the molecule is CC(C)CO[Cl+2]([O-])[O-]. The second-order valence-electron chi connectivity index (χ2n) is 1.86. The molecule has 0 amide bonds. The van der Waals surface area contributed by atoms with Crippen molar-refractivity contribution in [3.8, 4) is 0 Å². The standard InChI is InChI=1S/C4H9ClO3/c1-4(2)3-8-5(6)7/h4H,3H2,1-2H3. The van der Waals surface area contributed by atoms with E-state index >= 15 is 0 Å². The van der Waals surface area contributed by atoms with E-state index in [0.29, 0.717) is 0 Å². The molecule has 0 rings (SSSR count). The van der Waals surface area contributed by atoms with Crippen molar-refractivity contribution >= 4 is 0 Å². The summed E-state index contributed by atoms with van der Waals surface area (Å²) in [5, 5.41) is 0. The molecule has 0 bridgehead atoms. The highest BCUT2D eigenvalue weighted by molar-refractivity contribution is 4.33. The van der Waals surface area contributed by atoms with Crippen molar-refractivity contribution in [2.24, 2.45) is 5.92 Å². The van der Waals surface area contributed by atoms with Crippen LogP contribution in [0, 0.1) is 16.7 Å². The molecule has 50 valence electrons. The quantitative estimate of drug-likeness (QED) is 0.492. The van der Waals surface area contributed by atoms with Crippen LogP contribution in [-0.4, -0.2) is 6.61 Å². The molecule has 0 radical (unpaired) electrons. The molecule has 0 aliphatic rings. The lowest BCUT2D eigenvalue weighted by molar-refractivity contribution is -1.63. The van der Waals surface area contributed by atoms with Gasteiger partial charge in [-0.1, -0.05) is 13.8 Å². The highest BCUT2D eigenvalue weighted by Crippen LogP contribution is 1.92. The molecular formula is C4H9ClO3. The van der Waals surface area contributed by atoms with E-state index in [1.54, 1.807) is 0 Å². The van der Waals surface area contributed by atoms with Gasteiger partial charge >= 0.3 is 0 Å². The van der Waals surface area contributed by atoms with Crippen LogP contribution in [0.4, 0.5) is 0 Å². The Morgan fingerprint density at radius 2 is 2.00 bits per heavy atom. The summed E-state index contributed by atoms with van der Waals surface area (Å²) < 4.78 is 23.5. The molecule has 0 atom stereocenters. The first-order valence-electron chi connectivity index (χ1n) is 2.31. The van der Waals surface area contributed by atoms with Crippen molar-refractivity contribution in [2.45, 2.75) is 13.8 Å². The summed E-state index contributed by atoms with van der Waals surface area (Å²) in [5.41, 5.74) is 0. The molecule has 0 aromatic heterocycles. The van der Waals surface area contributed by atoms with Gasteiger partial charge in [0.1, 0.15) is 0 Å². The van der Waals surface area contributed by atoms with Crippen LogP contribution in [0.2, 0.25) is 0 Å². The Morgan fingerprint density at radius 1 is 1.50 bits per heavy atom. The Kier molecular flexibility index (Phi) is 4.18. The third kappa shape index (κ3) is 6.17. The van der Waals surface area contributed by atoms with Crippen LogP contribution in [0.1, 0.15) is 13.8 Å². The summed E-state index contributed by atoms with van der Waals surface area (Å²) in [7, 11) is -2.04. The minimum atomic E-state index is -2.04. The van der Waals surface area contributed by atoms with E-state index in [1.807, 2.05) is 13.8 Å². The van der Waals surface area contributed by atoms with Crippen LogP contribution >= 0.6 is 0 Å². The summed E-state index contributed by atoms with van der Waals surface area (Å²) in [6.45, 7) is 4.01. The first-order valence-corrected chi connectivity index (χ1v) is 3.24. The highest BCUT2D eigenvalue weighted by atomic mass is 35.6. The number of rotatable bonds is 3. The topological polar surface area (TPSA) is 55.3 Å². The molecule has 0 aromatic carbocycles. The summed E-state index contributed by atoms with van der Waals surface area (Å²) in [6, 6.07) is 0. The maximum Gasteiger partial charge on any atom is 0.285 e. The van der Waals surface area contributed by atoms with E-state index in [1.165, 1.54) is 0 Å². The van der Waals surface area contributed by atoms with Crippen LogP contribution in [0.15, 0.2) is 0 Å². The second kappa shape index (κ2) is 4.09. The Bertz CT molecular complexity index is 47.2. The van der Waals surface area contributed by atoms with Gasteiger partial charge in [-0.05, 0) is 5.92 Å². The van der Waals surface area contributed by atoms with Crippen LogP contribution in [-0.2, 0) is 4.29 Å². The van der Waals surface area contributed by atoms with Gasteiger partial charge in [-0.15, -0.1) is 0 Å². The summed E-state index contributed by atoms with van der Waals surface area (Å²) >= 11 is 0. The molecule has 0 N–H and O–H groups in total. The van der Waals surface area contributed by atoms with Gasteiger partial charge in [0.15, 0.2) is 6.61 Å². The molecule has 3 nitrogen and oxygen atoms in total. The van der Waals surface area contributed by atoms with Gasteiger partial charge in [0, 0.05) is 4.29 Å². The third-order valence-electron chi connectivity index (χ3n) is 0.485. The first-order chi connectivity index (χ1) is 3.63. The van der Waals surface area contributed by atoms with E-state index in [2.05, 4.69) is 4.29 Å². The zero-order valence-electron chi connectivity index (χ0n) is 4.89. The molecule has 0 fully saturated rings. The van der Waals surface area contributed by atoms with Gasteiger partial charge in [0.05, 0.1) is 0 Å². The fourth-order valence-electron chi connectivity index (χ4n) is 0.177. The van der Waals surface area contributed by atoms with Crippen molar-refractivity contribution < 1.29 is 24.4 Å². The molecular weight excluding hydrogens is 131 g/mol. The largest absolute Gasteiger partial charge is 0.320 e. The van der Waals surface area contributed by atoms with Crippen molar-refractivity contribution in [3.63, 3.8) is 0 Å². The predicted molar refractivity (Wildman–Crippen MR) is 20.8 cm³/mol. The zero-order chi connectivity index (χ0) is 6.57. The molecule has 0 heterocycles. The van der Waals surface area contributed by atoms with E-state index in [9.17, 15) is 9.32 Å². The number of hydrogen-bond acceptors (Lipinski definition) is 3. The minimum Gasteiger partial charge on any atom is -0.320 e. The maximum absolute atomic E-state index is 9.64. The van der Waals surface area contributed by atoms with Gasteiger partial charge < -0.3 is 9.32 Å². The van der Waals surface area contributed by atoms with Crippen molar-refractivity contribution in [2.75, 3.05) is 6.61 Å². The minimum absolute atomic E-state index is 0.257. The Labute approximate surface area is 51.7 Å². The predicted octanol–water partition coefficient (Wildman–Crippen LogP) is -1.25. The van der Waals surface area contributed by atoms with Crippen LogP contribution < -0.4 is 9.32 Å². The lowest BCUT2D eigenvalue weighted by Gasteiger charge is -1.96. The Balaban J connectivity index is 2.93. The fraction of sp³-hybridized carbons (Fsp3) is 1.00. The Hall–Kier alpha value is 0.170. The van der Waals surface area contributed by atoms with E-state index in [0.717, 1.165) is 0 Å². The molecule has 0 aromatic rings. The van der Waals surface area contributed by atoms with Crippen LogP contribution in [0.3, 0.4) is 0 Å². The molecule has 0 aliphatic heterocycles. The monoisotopic (exact) mass is 140 g/mol. The van der Waals surface area contributed by atoms with Gasteiger partial charge in [-0.3, -0.25) is 0 Å². The molecule has 8 heavy (non-hydrogen) atoms. The van der Waals surface area contributed by atoms with Crippen LogP contribution in [0.5, 0.6) is 0 Å². The highest BCUT2D eigenvalue weighted by Gasteiger charge is 2.07. The third-order valence-corrected chi connectivity index (χ3v) is 0.790. The average molecular weight is 141 g/mol. The molecule has 0 aliphatic carbocycles. The molecule has 4 heteroatoms. The molecule has 0 saturated heterocycles. The zero-order valence-corrected chi connectivity index (χ0v) is 5.64. The van der Waals surface area contributed by atoms with E-state index in [4.69, 9.17) is 0 Å². The lowest BCUT2D eigenvalue weighted by Crippen LogP contribution is -2.35. The average Bonchev–Trinajstić information content (AvgIpc) is 1.61. The summed E-state index contributed by atoms with van der Waals surface area (Å²) in [4.78, 5) is 0. The van der Waals surface area contributed by atoms with Crippen LogP contribution in [0.25, 0.3) is 0 Å². The van der Waals surface area contributed by atoms with Gasteiger partial charge in [0.25, 0.3) is 10.8 Å². The molecule has 0 unspecified atom stereocenters. The van der Waals surface area contributed by atoms with Crippen molar-refractivity contribution in [1.82, 2.24) is 0 Å². The number of halogens is 1. The second-order valence-corrected chi connectivity index (χ2v) is 2.45. The summed E-state index contributed by atoms with van der Waals surface area (Å²) in [5.74, 6) is 0.262. The van der Waals surface area contributed by atoms with Gasteiger partial charge in [-0.25, -0.2) is 0 Å². The van der Waals surface area contributed by atoms with Crippen molar-refractivity contribution in [3.05, 3.63) is 0 Å². The van der Waals surface area contributed by atoms with Crippen molar-refractivity contribution in [1.29, 1.82) is 0 Å². The van der Waals surface area contributed by atoms with E-state index in [-0.39, 0.29) is 12.5 Å². The van der Waals surface area contributed by atoms with E-state index < -0.39 is 10.8 Å². The molecule has 0 spiro atoms. The smallest absolute Gasteiger partial charge is 0.285 e. The molecule has 0 saturated carbocycles. The lowest BCUT2D eigenvalue weighted by atomic mass is 10.2. The normalized spacial score (nSPS) is 11.2. The Morgan fingerprint density at radius 3 is 2.12 bits per heavy atom. The first kappa shape index (κ1) is 8.17. The summed E-state index contributed by atoms with van der Waals surface area (Å²) in [6.07, 6.45) is 0. The fourth-order valence-corrected chi connectivity index (χ4v) is 0.532. The number of hydrogen-bond donors (Lipinski definition) is 0. The van der Waals surface area contributed by atoms with Gasteiger partial charge in [-0.2, -0.15) is 0 Å². The van der Waals surface area contributed by atoms with Gasteiger partial charge in [0.2, 0.25) is 0 Å². The maximum atomic E-state index is 9.64.